The second-order valence-electron chi connectivity index (χ2n) is 7.55. The summed E-state index contributed by atoms with van der Waals surface area (Å²) in [6, 6.07) is 1.72. The molecular formula is C20H41N5. The van der Waals surface area contributed by atoms with E-state index in [1.807, 2.05) is 6.08 Å². The van der Waals surface area contributed by atoms with Crippen LogP contribution in [0.2, 0.25) is 0 Å². The number of piperidine rings is 1. The average molecular weight is 352 g/mol. The van der Waals surface area contributed by atoms with E-state index in [1.165, 1.54) is 12.8 Å². The van der Waals surface area contributed by atoms with Crippen molar-refractivity contribution in [2.24, 2.45) is 4.99 Å². The van der Waals surface area contributed by atoms with Crippen LogP contribution in [-0.4, -0.2) is 73.2 Å². The number of rotatable bonds is 10. The second-order valence-corrected chi connectivity index (χ2v) is 7.55. The number of hydrogen-bond donors (Lipinski definition) is 2. The lowest BCUT2D eigenvalue weighted by Crippen LogP contribution is -2.48. The maximum atomic E-state index is 4.79. The molecule has 25 heavy (non-hydrogen) atoms. The number of nitrogens with zero attached hydrogens (tertiary/aromatic N) is 3. The molecule has 2 N–H and O–H groups in total. The van der Waals surface area contributed by atoms with Crippen molar-refractivity contribution in [2.45, 2.75) is 72.0 Å². The smallest absolute Gasteiger partial charge is 0.191 e. The second kappa shape index (κ2) is 12.3. The van der Waals surface area contributed by atoms with Crippen LogP contribution in [0.4, 0.5) is 0 Å². The summed E-state index contributed by atoms with van der Waals surface area (Å²) >= 11 is 0. The Morgan fingerprint density at radius 1 is 1.24 bits per heavy atom. The Kier molecular flexibility index (Phi) is 10.8. The molecule has 1 aliphatic rings. The maximum Gasteiger partial charge on any atom is 0.191 e. The Hall–Kier alpha value is -1.07. The molecule has 0 spiro atoms. The average Bonchev–Trinajstić information content (AvgIpc) is 2.56. The van der Waals surface area contributed by atoms with Crippen LogP contribution in [0.1, 0.15) is 53.9 Å². The van der Waals surface area contributed by atoms with Crippen LogP contribution in [0.3, 0.4) is 0 Å². The summed E-state index contributed by atoms with van der Waals surface area (Å²) in [5, 5.41) is 7.02. The van der Waals surface area contributed by atoms with Crippen molar-refractivity contribution in [3.05, 3.63) is 12.7 Å². The van der Waals surface area contributed by atoms with E-state index < -0.39 is 0 Å². The van der Waals surface area contributed by atoms with Crippen molar-refractivity contribution < 1.29 is 0 Å². The van der Waals surface area contributed by atoms with Crippen molar-refractivity contribution in [1.29, 1.82) is 0 Å². The molecule has 0 saturated carbocycles. The first-order valence-corrected chi connectivity index (χ1v) is 10.1. The highest BCUT2D eigenvalue weighted by Crippen LogP contribution is 2.10. The summed E-state index contributed by atoms with van der Waals surface area (Å²) in [7, 11) is 0. The number of hydrogen-bond acceptors (Lipinski definition) is 3. The minimum atomic E-state index is 0.529. The third kappa shape index (κ3) is 8.73. The maximum absolute atomic E-state index is 4.79. The Balaban J connectivity index is 2.40. The SMILES string of the molecule is C=CCN1CCC(NC(=NCCCN(C(C)C)C(C)C)NCC)CC1. The van der Waals surface area contributed by atoms with E-state index in [-0.39, 0.29) is 0 Å². The molecule has 5 heteroatoms. The van der Waals surface area contributed by atoms with Crippen LogP contribution < -0.4 is 10.6 Å². The Labute approximate surface area is 155 Å². The van der Waals surface area contributed by atoms with E-state index in [2.05, 4.69) is 61.6 Å². The Morgan fingerprint density at radius 3 is 2.40 bits per heavy atom. The zero-order valence-electron chi connectivity index (χ0n) is 17.2. The topological polar surface area (TPSA) is 42.9 Å². The molecule has 1 saturated heterocycles. The van der Waals surface area contributed by atoms with Gasteiger partial charge in [0.2, 0.25) is 0 Å². The van der Waals surface area contributed by atoms with Crippen LogP contribution in [-0.2, 0) is 0 Å². The number of nitrogens with one attached hydrogen (secondary N) is 2. The van der Waals surface area contributed by atoms with Gasteiger partial charge >= 0.3 is 0 Å². The van der Waals surface area contributed by atoms with E-state index in [1.54, 1.807) is 0 Å². The highest BCUT2D eigenvalue weighted by atomic mass is 15.2. The molecule has 0 aromatic heterocycles. The number of likely N-dealkylation sites (tertiary alicyclic amines) is 1. The summed E-state index contributed by atoms with van der Waals surface area (Å²) in [5.74, 6) is 0.977. The van der Waals surface area contributed by atoms with Crippen molar-refractivity contribution in [2.75, 3.05) is 39.3 Å². The van der Waals surface area contributed by atoms with Gasteiger partial charge in [0.1, 0.15) is 0 Å². The molecule has 5 nitrogen and oxygen atoms in total. The predicted molar refractivity (Wildman–Crippen MR) is 110 cm³/mol. The zero-order valence-corrected chi connectivity index (χ0v) is 17.2. The minimum absolute atomic E-state index is 0.529. The molecular weight excluding hydrogens is 310 g/mol. The van der Waals surface area contributed by atoms with Gasteiger partial charge in [-0.25, -0.2) is 0 Å². The largest absolute Gasteiger partial charge is 0.357 e. The summed E-state index contributed by atoms with van der Waals surface area (Å²) in [4.78, 5) is 9.78. The fourth-order valence-corrected chi connectivity index (χ4v) is 3.51. The van der Waals surface area contributed by atoms with Gasteiger partial charge in [-0.1, -0.05) is 6.08 Å². The van der Waals surface area contributed by atoms with Gasteiger partial charge in [-0.05, 0) is 53.9 Å². The standard InChI is InChI=1S/C20H41N5/c1-7-13-24-15-10-19(11-16-24)23-20(21-8-2)22-12-9-14-25(17(3)4)18(5)6/h7,17-19H,1,8-16H2,2-6H3,(H2,21,22,23). The van der Waals surface area contributed by atoms with Gasteiger partial charge in [0, 0.05) is 57.4 Å². The monoisotopic (exact) mass is 351 g/mol. The van der Waals surface area contributed by atoms with Crippen LogP contribution >= 0.6 is 0 Å². The van der Waals surface area contributed by atoms with Gasteiger partial charge in [0.15, 0.2) is 5.96 Å². The first-order chi connectivity index (χ1) is 12.0. The molecule has 1 heterocycles. The molecule has 146 valence electrons. The summed E-state index contributed by atoms with van der Waals surface area (Å²) in [5.41, 5.74) is 0. The summed E-state index contributed by atoms with van der Waals surface area (Å²) in [6.07, 6.45) is 5.45. The lowest BCUT2D eigenvalue weighted by Gasteiger charge is -2.32. The first-order valence-electron chi connectivity index (χ1n) is 10.1. The molecule has 0 aromatic rings. The molecule has 0 unspecified atom stereocenters. The quantitative estimate of drug-likeness (QED) is 0.275. The van der Waals surface area contributed by atoms with E-state index >= 15 is 0 Å². The van der Waals surface area contributed by atoms with Crippen molar-refractivity contribution in [3.8, 4) is 0 Å². The Morgan fingerprint density at radius 2 is 1.88 bits per heavy atom. The van der Waals surface area contributed by atoms with E-state index in [9.17, 15) is 0 Å². The summed E-state index contributed by atoms with van der Waals surface area (Å²) < 4.78 is 0. The predicted octanol–water partition coefficient (Wildman–Crippen LogP) is 2.70. The van der Waals surface area contributed by atoms with E-state index in [0.29, 0.717) is 18.1 Å². The van der Waals surface area contributed by atoms with Crippen molar-refractivity contribution >= 4 is 5.96 Å². The lowest BCUT2D eigenvalue weighted by atomic mass is 10.1. The van der Waals surface area contributed by atoms with Crippen LogP contribution in [0.15, 0.2) is 17.6 Å². The molecule has 0 amide bonds. The van der Waals surface area contributed by atoms with Crippen LogP contribution in [0, 0.1) is 0 Å². The van der Waals surface area contributed by atoms with Gasteiger partial charge in [-0.15, -0.1) is 6.58 Å². The van der Waals surface area contributed by atoms with Crippen molar-refractivity contribution in [3.63, 3.8) is 0 Å². The number of guanidine groups is 1. The summed E-state index contributed by atoms with van der Waals surface area (Å²) in [6.45, 7) is 21.2. The Bertz CT molecular complexity index is 376. The molecule has 0 bridgehead atoms. The highest BCUT2D eigenvalue weighted by molar-refractivity contribution is 5.80. The fourth-order valence-electron chi connectivity index (χ4n) is 3.51. The van der Waals surface area contributed by atoms with E-state index in [4.69, 9.17) is 4.99 Å². The molecule has 1 rings (SSSR count). The molecule has 1 aliphatic heterocycles. The normalized spacial score (nSPS) is 17.5. The molecule has 0 aromatic carbocycles. The van der Waals surface area contributed by atoms with Gasteiger partial charge in [0.25, 0.3) is 0 Å². The zero-order chi connectivity index (χ0) is 18.7. The fraction of sp³-hybridized carbons (Fsp3) is 0.850. The first kappa shape index (κ1) is 22.0. The van der Waals surface area contributed by atoms with Crippen LogP contribution in [0.25, 0.3) is 0 Å². The molecule has 0 radical (unpaired) electrons. The van der Waals surface area contributed by atoms with Gasteiger partial charge in [-0.3, -0.25) is 14.8 Å². The lowest BCUT2D eigenvalue weighted by molar-refractivity contribution is 0.174. The van der Waals surface area contributed by atoms with Crippen molar-refractivity contribution in [1.82, 2.24) is 20.4 Å². The third-order valence-electron chi connectivity index (χ3n) is 4.83. The van der Waals surface area contributed by atoms with Gasteiger partial charge in [0.05, 0.1) is 0 Å². The number of aliphatic imine (C=N–C) groups is 1. The molecule has 0 aliphatic carbocycles. The van der Waals surface area contributed by atoms with Gasteiger partial charge in [-0.2, -0.15) is 0 Å². The molecule has 0 atom stereocenters. The minimum Gasteiger partial charge on any atom is -0.357 e. The van der Waals surface area contributed by atoms with E-state index in [0.717, 1.165) is 51.6 Å². The molecule has 1 fully saturated rings. The van der Waals surface area contributed by atoms with Crippen LogP contribution in [0.5, 0.6) is 0 Å². The highest BCUT2D eigenvalue weighted by Gasteiger charge is 2.19. The van der Waals surface area contributed by atoms with Gasteiger partial charge < -0.3 is 10.6 Å². The third-order valence-corrected chi connectivity index (χ3v) is 4.83.